The predicted octanol–water partition coefficient (Wildman–Crippen LogP) is 5.25. The van der Waals surface area contributed by atoms with Gasteiger partial charge in [0.15, 0.2) is 0 Å². The number of pyridine rings is 1. The largest absolute Gasteiger partial charge is 0.305 e. The van der Waals surface area contributed by atoms with Gasteiger partial charge in [-0.15, -0.1) is 0 Å². The SMILES string of the molecule is CC(NCc1ccccc1-c1ccc(Cl)cc1)c1ccccn1. The lowest BCUT2D eigenvalue weighted by atomic mass is 9.99. The van der Waals surface area contributed by atoms with E-state index in [0.29, 0.717) is 0 Å². The Morgan fingerprint density at radius 2 is 1.70 bits per heavy atom. The van der Waals surface area contributed by atoms with E-state index in [-0.39, 0.29) is 6.04 Å². The Kier molecular flexibility index (Phi) is 5.06. The highest BCUT2D eigenvalue weighted by Crippen LogP contribution is 2.25. The molecule has 3 rings (SSSR count). The molecule has 1 N–H and O–H groups in total. The maximum atomic E-state index is 5.99. The summed E-state index contributed by atoms with van der Waals surface area (Å²) in [6, 6.07) is 22.6. The minimum atomic E-state index is 0.203. The third-order valence-electron chi connectivity index (χ3n) is 3.90. The average molecular weight is 323 g/mol. The Balaban J connectivity index is 1.77. The zero-order valence-corrected chi connectivity index (χ0v) is 13.8. The van der Waals surface area contributed by atoms with Crippen LogP contribution < -0.4 is 5.32 Å². The van der Waals surface area contributed by atoms with Crippen LogP contribution in [0, 0.1) is 0 Å². The van der Waals surface area contributed by atoms with Crippen LogP contribution in [0.1, 0.15) is 24.2 Å². The van der Waals surface area contributed by atoms with Gasteiger partial charge in [0, 0.05) is 23.8 Å². The van der Waals surface area contributed by atoms with Gasteiger partial charge in [0.05, 0.1) is 5.69 Å². The summed E-state index contributed by atoms with van der Waals surface area (Å²) in [6.07, 6.45) is 1.83. The molecule has 1 unspecified atom stereocenters. The Bertz CT molecular complexity index is 754. The van der Waals surface area contributed by atoms with Crippen molar-refractivity contribution >= 4 is 11.6 Å². The molecule has 2 nitrogen and oxygen atoms in total. The molecule has 0 aliphatic heterocycles. The second-order valence-electron chi connectivity index (χ2n) is 5.52. The highest BCUT2D eigenvalue weighted by atomic mass is 35.5. The van der Waals surface area contributed by atoms with E-state index in [1.807, 2.05) is 36.5 Å². The predicted molar refractivity (Wildman–Crippen MR) is 96.4 cm³/mol. The molecule has 3 aromatic rings. The molecular weight excluding hydrogens is 304 g/mol. The van der Waals surface area contributed by atoms with Gasteiger partial charge in [0.2, 0.25) is 0 Å². The molecule has 0 saturated heterocycles. The molecular formula is C20H19ClN2. The number of aromatic nitrogens is 1. The van der Waals surface area contributed by atoms with Gasteiger partial charge in [-0.3, -0.25) is 4.98 Å². The van der Waals surface area contributed by atoms with Gasteiger partial charge in [-0.2, -0.15) is 0 Å². The maximum absolute atomic E-state index is 5.99. The van der Waals surface area contributed by atoms with Crippen LogP contribution in [0.4, 0.5) is 0 Å². The lowest BCUT2D eigenvalue weighted by Crippen LogP contribution is -2.19. The minimum absolute atomic E-state index is 0.203. The molecule has 1 heterocycles. The molecule has 116 valence electrons. The second kappa shape index (κ2) is 7.40. The van der Waals surface area contributed by atoms with Gasteiger partial charge >= 0.3 is 0 Å². The van der Waals surface area contributed by atoms with Crippen LogP contribution in [-0.4, -0.2) is 4.98 Å². The number of hydrogen-bond acceptors (Lipinski definition) is 2. The number of nitrogens with one attached hydrogen (secondary N) is 1. The summed E-state index contributed by atoms with van der Waals surface area (Å²) < 4.78 is 0. The molecule has 0 fully saturated rings. The number of benzene rings is 2. The number of halogens is 1. The Morgan fingerprint density at radius 1 is 0.957 bits per heavy atom. The number of hydrogen-bond donors (Lipinski definition) is 1. The summed E-state index contributed by atoms with van der Waals surface area (Å²) in [4.78, 5) is 4.40. The maximum Gasteiger partial charge on any atom is 0.0570 e. The van der Waals surface area contributed by atoms with Crippen molar-refractivity contribution in [1.82, 2.24) is 10.3 Å². The molecule has 0 bridgehead atoms. The van der Waals surface area contributed by atoms with Crippen molar-refractivity contribution in [3.8, 4) is 11.1 Å². The normalized spacial score (nSPS) is 12.1. The molecule has 0 spiro atoms. The van der Waals surface area contributed by atoms with Crippen LogP contribution in [0.2, 0.25) is 5.02 Å². The van der Waals surface area contributed by atoms with Gasteiger partial charge in [0.25, 0.3) is 0 Å². The van der Waals surface area contributed by atoms with E-state index >= 15 is 0 Å². The van der Waals surface area contributed by atoms with E-state index in [1.165, 1.54) is 16.7 Å². The summed E-state index contributed by atoms with van der Waals surface area (Å²) in [7, 11) is 0. The molecule has 23 heavy (non-hydrogen) atoms. The molecule has 0 aliphatic carbocycles. The standard InChI is InChI=1S/C20H19ClN2/c1-15(20-8-4-5-13-22-20)23-14-17-6-2-3-7-19(17)16-9-11-18(21)12-10-16/h2-13,15,23H,14H2,1H3. The second-order valence-corrected chi connectivity index (χ2v) is 5.96. The fraction of sp³-hybridized carbons (Fsp3) is 0.150. The van der Waals surface area contributed by atoms with E-state index in [9.17, 15) is 0 Å². The molecule has 0 saturated carbocycles. The Hall–Kier alpha value is -2.16. The van der Waals surface area contributed by atoms with Crippen LogP contribution in [0.25, 0.3) is 11.1 Å². The van der Waals surface area contributed by atoms with E-state index in [1.54, 1.807) is 0 Å². The van der Waals surface area contributed by atoms with E-state index in [4.69, 9.17) is 11.6 Å². The van der Waals surface area contributed by atoms with Crippen molar-refractivity contribution in [3.05, 3.63) is 89.2 Å². The van der Waals surface area contributed by atoms with Crippen molar-refractivity contribution in [2.75, 3.05) is 0 Å². The summed E-state index contributed by atoms with van der Waals surface area (Å²) in [5.74, 6) is 0. The van der Waals surface area contributed by atoms with E-state index in [0.717, 1.165) is 17.3 Å². The van der Waals surface area contributed by atoms with E-state index in [2.05, 4.69) is 53.6 Å². The third-order valence-corrected chi connectivity index (χ3v) is 4.15. The first kappa shape index (κ1) is 15.7. The summed E-state index contributed by atoms with van der Waals surface area (Å²) >= 11 is 5.99. The van der Waals surface area contributed by atoms with Crippen molar-refractivity contribution in [2.45, 2.75) is 19.5 Å². The van der Waals surface area contributed by atoms with Crippen LogP contribution in [-0.2, 0) is 6.54 Å². The van der Waals surface area contributed by atoms with Gasteiger partial charge in [-0.1, -0.05) is 54.1 Å². The number of nitrogens with zero attached hydrogens (tertiary/aromatic N) is 1. The van der Waals surface area contributed by atoms with Crippen molar-refractivity contribution < 1.29 is 0 Å². The van der Waals surface area contributed by atoms with Crippen molar-refractivity contribution in [2.24, 2.45) is 0 Å². The first-order valence-electron chi connectivity index (χ1n) is 7.72. The molecule has 0 amide bonds. The molecule has 0 radical (unpaired) electrons. The summed E-state index contributed by atoms with van der Waals surface area (Å²) in [5, 5.41) is 4.31. The first-order valence-corrected chi connectivity index (χ1v) is 8.10. The number of rotatable bonds is 5. The van der Waals surface area contributed by atoms with Crippen LogP contribution in [0.15, 0.2) is 72.9 Å². The monoisotopic (exact) mass is 322 g/mol. The molecule has 0 aliphatic rings. The molecule has 2 aromatic carbocycles. The summed E-state index contributed by atoms with van der Waals surface area (Å²) in [5.41, 5.74) is 4.72. The zero-order chi connectivity index (χ0) is 16.1. The van der Waals surface area contributed by atoms with Crippen LogP contribution >= 0.6 is 11.6 Å². The van der Waals surface area contributed by atoms with Gasteiger partial charge in [0.1, 0.15) is 0 Å². The molecule has 3 heteroatoms. The fourth-order valence-electron chi connectivity index (χ4n) is 2.59. The average Bonchev–Trinajstić information content (AvgIpc) is 2.61. The smallest absolute Gasteiger partial charge is 0.0570 e. The molecule has 1 atom stereocenters. The van der Waals surface area contributed by atoms with Gasteiger partial charge in [-0.25, -0.2) is 0 Å². The van der Waals surface area contributed by atoms with Crippen LogP contribution in [0.3, 0.4) is 0 Å². The quantitative estimate of drug-likeness (QED) is 0.693. The Morgan fingerprint density at radius 3 is 2.43 bits per heavy atom. The fourth-order valence-corrected chi connectivity index (χ4v) is 2.71. The lowest BCUT2D eigenvalue weighted by molar-refractivity contribution is 0.562. The van der Waals surface area contributed by atoms with Crippen molar-refractivity contribution in [3.63, 3.8) is 0 Å². The topological polar surface area (TPSA) is 24.9 Å². The van der Waals surface area contributed by atoms with Crippen LogP contribution in [0.5, 0.6) is 0 Å². The molecule has 1 aromatic heterocycles. The Labute approximate surface area is 142 Å². The zero-order valence-electron chi connectivity index (χ0n) is 13.0. The minimum Gasteiger partial charge on any atom is -0.305 e. The highest BCUT2D eigenvalue weighted by molar-refractivity contribution is 6.30. The highest BCUT2D eigenvalue weighted by Gasteiger charge is 2.08. The van der Waals surface area contributed by atoms with Gasteiger partial charge < -0.3 is 5.32 Å². The lowest BCUT2D eigenvalue weighted by Gasteiger charge is -2.15. The first-order chi connectivity index (χ1) is 11.2. The van der Waals surface area contributed by atoms with Crippen molar-refractivity contribution in [1.29, 1.82) is 0 Å². The summed E-state index contributed by atoms with van der Waals surface area (Å²) in [6.45, 7) is 2.92. The third kappa shape index (κ3) is 3.98. The van der Waals surface area contributed by atoms with E-state index < -0.39 is 0 Å². The van der Waals surface area contributed by atoms with Gasteiger partial charge in [-0.05, 0) is 47.9 Å².